The Morgan fingerprint density at radius 1 is 1.60 bits per heavy atom. The lowest BCUT2D eigenvalue weighted by Crippen LogP contribution is -2.49. The first-order valence-corrected chi connectivity index (χ1v) is 3.78. The Labute approximate surface area is 61.1 Å². The van der Waals surface area contributed by atoms with Crippen LogP contribution in [0.4, 0.5) is 0 Å². The normalized spacial score (nSPS) is 41.7. The lowest BCUT2D eigenvalue weighted by molar-refractivity contribution is 0.0426. The summed E-state index contributed by atoms with van der Waals surface area (Å²) in [5.74, 6) is 0.179. The molecule has 3 atom stereocenters. The number of hydrogen-bond donors (Lipinski definition) is 3. The van der Waals surface area contributed by atoms with Crippen LogP contribution >= 0.6 is 0 Å². The highest BCUT2D eigenvalue weighted by atomic mass is 16.3. The summed E-state index contributed by atoms with van der Waals surface area (Å²) in [6.45, 7) is 2.90. The maximum absolute atomic E-state index is 9.33. The zero-order valence-electron chi connectivity index (χ0n) is 6.25. The average molecular weight is 145 g/mol. The van der Waals surface area contributed by atoms with Gasteiger partial charge in [0.25, 0.3) is 0 Å². The van der Waals surface area contributed by atoms with Crippen LogP contribution in [0, 0.1) is 5.92 Å². The van der Waals surface area contributed by atoms with Gasteiger partial charge in [0.1, 0.15) is 0 Å². The van der Waals surface area contributed by atoms with Crippen molar-refractivity contribution in [2.45, 2.75) is 25.5 Å². The predicted octanol–water partition coefficient (Wildman–Crippen LogP) is -0.662. The third-order valence-electron chi connectivity index (χ3n) is 2.28. The first-order chi connectivity index (χ1) is 4.75. The van der Waals surface area contributed by atoms with Gasteiger partial charge in [0.05, 0.1) is 12.7 Å². The smallest absolute Gasteiger partial charge is 0.0593 e. The fourth-order valence-electron chi connectivity index (χ4n) is 1.36. The van der Waals surface area contributed by atoms with Crippen molar-refractivity contribution in [3.05, 3.63) is 0 Å². The van der Waals surface area contributed by atoms with E-state index in [1.807, 2.05) is 6.92 Å². The Bertz CT molecular complexity index is 108. The molecule has 0 aromatic heterocycles. The first-order valence-electron chi connectivity index (χ1n) is 3.78. The fraction of sp³-hybridized carbons (Fsp3) is 1.00. The molecule has 0 spiro atoms. The number of nitrogens with one attached hydrogen (secondary N) is 1. The van der Waals surface area contributed by atoms with Crippen LogP contribution in [0.25, 0.3) is 0 Å². The van der Waals surface area contributed by atoms with Crippen LogP contribution in [0.2, 0.25) is 0 Å². The Morgan fingerprint density at radius 2 is 2.30 bits per heavy atom. The van der Waals surface area contributed by atoms with Crippen LogP contribution in [-0.4, -0.2) is 35.5 Å². The second-order valence-electron chi connectivity index (χ2n) is 2.96. The summed E-state index contributed by atoms with van der Waals surface area (Å²) in [5, 5.41) is 21.3. The molecule has 1 heterocycles. The topological polar surface area (TPSA) is 52.5 Å². The lowest BCUT2D eigenvalue weighted by Gasteiger charge is -2.32. The van der Waals surface area contributed by atoms with E-state index in [0.29, 0.717) is 0 Å². The molecule has 1 aliphatic heterocycles. The molecule has 10 heavy (non-hydrogen) atoms. The maximum atomic E-state index is 9.33. The second-order valence-corrected chi connectivity index (χ2v) is 2.96. The van der Waals surface area contributed by atoms with Crippen LogP contribution in [0.15, 0.2) is 0 Å². The van der Waals surface area contributed by atoms with Gasteiger partial charge in [0.15, 0.2) is 0 Å². The molecule has 3 nitrogen and oxygen atoms in total. The minimum absolute atomic E-state index is 0.0868. The van der Waals surface area contributed by atoms with Crippen LogP contribution in [0.1, 0.15) is 13.3 Å². The summed E-state index contributed by atoms with van der Waals surface area (Å²) >= 11 is 0. The highest BCUT2D eigenvalue weighted by Gasteiger charge is 2.26. The predicted molar refractivity (Wildman–Crippen MR) is 38.7 cm³/mol. The lowest BCUT2D eigenvalue weighted by atomic mass is 9.90. The molecule has 0 radical (unpaired) electrons. The van der Waals surface area contributed by atoms with Crippen molar-refractivity contribution >= 4 is 0 Å². The van der Waals surface area contributed by atoms with Crippen molar-refractivity contribution in [1.29, 1.82) is 0 Å². The van der Waals surface area contributed by atoms with Gasteiger partial charge < -0.3 is 15.5 Å². The number of piperidine rings is 1. The van der Waals surface area contributed by atoms with E-state index in [1.165, 1.54) is 0 Å². The molecule has 0 bridgehead atoms. The first kappa shape index (κ1) is 7.98. The average Bonchev–Trinajstić information content (AvgIpc) is 1.95. The van der Waals surface area contributed by atoms with Crippen LogP contribution in [0.5, 0.6) is 0 Å². The molecular formula is C7H15NO2. The minimum Gasteiger partial charge on any atom is -0.395 e. The van der Waals surface area contributed by atoms with Gasteiger partial charge in [-0.25, -0.2) is 0 Å². The van der Waals surface area contributed by atoms with E-state index in [2.05, 4.69) is 5.32 Å². The Balaban J connectivity index is 2.42. The molecule has 1 aliphatic rings. The highest BCUT2D eigenvalue weighted by molar-refractivity contribution is 4.83. The van der Waals surface area contributed by atoms with Gasteiger partial charge in [0.2, 0.25) is 0 Å². The summed E-state index contributed by atoms with van der Waals surface area (Å²) in [5.41, 5.74) is 0. The minimum atomic E-state index is -0.238. The van der Waals surface area contributed by atoms with Crippen LogP contribution < -0.4 is 5.32 Å². The van der Waals surface area contributed by atoms with Gasteiger partial charge in [-0.15, -0.1) is 0 Å². The maximum Gasteiger partial charge on any atom is 0.0593 e. The molecule has 3 heteroatoms. The standard InChI is InChI=1S/C7H15NO2/c1-5-6(4-9)8-3-2-7(5)10/h5-10H,2-4H2,1H3/t5-,6+,7-/m0/s1. The van der Waals surface area contributed by atoms with Crippen molar-refractivity contribution in [3.8, 4) is 0 Å². The van der Waals surface area contributed by atoms with Crippen molar-refractivity contribution in [1.82, 2.24) is 5.32 Å². The largest absolute Gasteiger partial charge is 0.395 e. The SMILES string of the molecule is C[C@@H]1[C@@H](O)CCN[C@@H]1CO. The molecule has 1 rings (SSSR count). The molecule has 0 saturated carbocycles. The van der Waals surface area contributed by atoms with Crippen molar-refractivity contribution in [2.75, 3.05) is 13.2 Å². The molecule has 0 amide bonds. The van der Waals surface area contributed by atoms with E-state index < -0.39 is 0 Å². The van der Waals surface area contributed by atoms with E-state index in [4.69, 9.17) is 5.11 Å². The Kier molecular flexibility index (Phi) is 2.65. The van der Waals surface area contributed by atoms with E-state index in [1.54, 1.807) is 0 Å². The molecule has 0 aliphatic carbocycles. The molecule has 1 saturated heterocycles. The van der Waals surface area contributed by atoms with E-state index in [9.17, 15) is 5.11 Å². The third-order valence-corrected chi connectivity index (χ3v) is 2.28. The fourth-order valence-corrected chi connectivity index (χ4v) is 1.36. The molecule has 0 aromatic carbocycles. The Hall–Kier alpha value is -0.120. The second kappa shape index (κ2) is 3.32. The van der Waals surface area contributed by atoms with Crippen molar-refractivity contribution in [2.24, 2.45) is 5.92 Å². The molecule has 3 N–H and O–H groups in total. The molecule has 0 unspecified atom stereocenters. The van der Waals surface area contributed by atoms with E-state index in [0.717, 1.165) is 13.0 Å². The van der Waals surface area contributed by atoms with Crippen molar-refractivity contribution in [3.63, 3.8) is 0 Å². The highest BCUT2D eigenvalue weighted by Crippen LogP contribution is 2.15. The monoisotopic (exact) mass is 145 g/mol. The van der Waals surface area contributed by atoms with Crippen molar-refractivity contribution < 1.29 is 10.2 Å². The summed E-state index contributed by atoms with van der Waals surface area (Å²) in [6, 6.07) is 0.0868. The number of aliphatic hydroxyl groups is 2. The molecule has 60 valence electrons. The summed E-state index contributed by atoms with van der Waals surface area (Å²) in [7, 11) is 0. The quantitative estimate of drug-likeness (QED) is 0.459. The van der Waals surface area contributed by atoms with Gasteiger partial charge in [-0.1, -0.05) is 6.92 Å². The van der Waals surface area contributed by atoms with Gasteiger partial charge >= 0.3 is 0 Å². The Morgan fingerprint density at radius 3 is 2.80 bits per heavy atom. The summed E-state index contributed by atoms with van der Waals surface area (Å²) < 4.78 is 0. The number of rotatable bonds is 1. The molecule has 1 fully saturated rings. The van der Waals surface area contributed by atoms with E-state index >= 15 is 0 Å². The van der Waals surface area contributed by atoms with Gasteiger partial charge in [-0.3, -0.25) is 0 Å². The number of aliphatic hydroxyl groups excluding tert-OH is 2. The van der Waals surface area contributed by atoms with Crippen LogP contribution in [0.3, 0.4) is 0 Å². The third kappa shape index (κ3) is 1.48. The van der Waals surface area contributed by atoms with E-state index in [-0.39, 0.29) is 24.7 Å². The summed E-state index contributed by atoms with van der Waals surface area (Å²) in [6.07, 6.45) is 0.566. The molecule has 0 aromatic rings. The zero-order valence-corrected chi connectivity index (χ0v) is 6.25. The van der Waals surface area contributed by atoms with Gasteiger partial charge in [-0.2, -0.15) is 0 Å². The molecular weight excluding hydrogens is 130 g/mol. The summed E-state index contributed by atoms with van der Waals surface area (Å²) in [4.78, 5) is 0. The van der Waals surface area contributed by atoms with Crippen LogP contribution in [-0.2, 0) is 0 Å². The number of hydrogen-bond acceptors (Lipinski definition) is 3. The van der Waals surface area contributed by atoms with Gasteiger partial charge in [-0.05, 0) is 18.9 Å². The zero-order chi connectivity index (χ0) is 7.56. The van der Waals surface area contributed by atoms with Gasteiger partial charge in [0, 0.05) is 6.04 Å².